The topological polar surface area (TPSA) is 58.6 Å². The molecule has 0 N–H and O–H groups in total. The quantitative estimate of drug-likeness (QED) is 0.761. The van der Waals surface area contributed by atoms with Crippen molar-refractivity contribution < 1.29 is 9.53 Å². The van der Waals surface area contributed by atoms with E-state index in [1.54, 1.807) is 18.0 Å². The zero-order chi connectivity index (χ0) is 18.3. The van der Waals surface area contributed by atoms with E-state index >= 15 is 0 Å². The lowest BCUT2D eigenvalue weighted by Crippen LogP contribution is -2.60. The lowest BCUT2D eigenvalue weighted by atomic mass is 9.96. The summed E-state index contributed by atoms with van der Waals surface area (Å²) >= 11 is 6.14. The summed E-state index contributed by atoms with van der Waals surface area (Å²) in [6.07, 6.45) is -0.303. The number of halogens is 1. The van der Waals surface area contributed by atoms with Gasteiger partial charge in [0, 0.05) is 31.6 Å². The van der Waals surface area contributed by atoms with E-state index in [4.69, 9.17) is 16.3 Å². The van der Waals surface area contributed by atoms with Crippen LogP contribution in [0.3, 0.4) is 0 Å². The van der Waals surface area contributed by atoms with Crippen LogP contribution in [-0.2, 0) is 10.2 Å². The average Bonchev–Trinajstić information content (AvgIpc) is 2.32. The molecule has 0 saturated carbocycles. The highest BCUT2D eigenvalue weighted by Crippen LogP contribution is 2.27. The van der Waals surface area contributed by atoms with Gasteiger partial charge in [-0.2, -0.15) is 0 Å². The second kappa shape index (κ2) is 6.39. The van der Waals surface area contributed by atoms with Crippen LogP contribution in [0.25, 0.3) is 0 Å². The first kappa shape index (κ1) is 18.8. The molecule has 134 valence electrons. The SMILES string of the molecule is CN(C(=O)OC(C)(C)C)C1CN(c2cc(Cl)nc(C(C)(C)C)n2)C1. The monoisotopic (exact) mass is 354 g/mol. The molecule has 0 unspecified atom stereocenters. The van der Waals surface area contributed by atoms with Crippen molar-refractivity contribution in [1.29, 1.82) is 0 Å². The highest BCUT2D eigenvalue weighted by molar-refractivity contribution is 6.29. The van der Waals surface area contributed by atoms with Crippen LogP contribution in [0.15, 0.2) is 6.07 Å². The summed E-state index contributed by atoms with van der Waals surface area (Å²) in [5, 5.41) is 0.439. The van der Waals surface area contributed by atoms with Gasteiger partial charge in [0.1, 0.15) is 22.4 Å². The van der Waals surface area contributed by atoms with Crippen LogP contribution in [0.1, 0.15) is 47.4 Å². The van der Waals surface area contributed by atoms with Gasteiger partial charge < -0.3 is 14.5 Å². The summed E-state index contributed by atoms with van der Waals surface area (Å²) < 4.78 is 5.40. The highest BCUT2D eigenvalue weighted by atomic mass is 35.5. The summed E-state index contributed by atoms with van der Waals surface area (Å²) in [5.74, 6) is 1.52. The number of rotatable bonds is 2. The fourth-order valence-corrected chi connectivity index (χ4v) is 2.45. The first-order chi connectivity index (χ1) is 10.9. The number of hydrogen-bond donors (Lipinski definition) is 0. The summed E-state index contributed by atoms with van der Waals surface area (Å²) in [6.45, 7) is 13.2. The molecule has 1 aromatic heterocycles. The third-order valence-corrected chi connectivity index (χ3v) is 3.96. The molecule has 0 spiro atoms. The van der Waals surface area contributed by atoms with Gasteiger partial charge in [-0.15, -0.1) is 0 Å². The van der Waals surface area contributed by atoms with Gasteiger partial charge in [0.05, 0.1) is 6.04 Å². The maximum atomic E-state index is 12.1. The lowest BCUT2D eigenvalue weighted by molar-refractivity contribution is 0.0196. The van der Waals surface area contributed by atoms with E-state index in [0.717, 1.165) is 5.82 Å². The molecule has 1 aliphatic rings. The van der Waals surface area contributed by atoms with Gasteiger partial charge in [0.25, 0.3) is 0 Å². The Bertz CT molecular complexity index is 616. The number of hydrogen-bond acceptors (Lipinski definition) is 5. The van der Waals surface area contributed by atoms with Crippen LogP contribution >= 0.6 is 11.6 Å². The van der Waals surface area contributed by atoms with Crippen molar-refractivity contribution in [1.82, 2.24) is 14.9 Å². The minimum Gasteiger partial charge on any atom is -0.444 e. The summed E-state index contributed by atoms with van der Waals surface area (Å²) in [6, 6.07) is 1.87. The number of amides is 1. The Morgan fingerprint density at radius 1 is 1.25 bits per heavy atom. The number of anilines is 1. The maximum Gasteiger partial charge on any atom is 0.410 e. The van der Waals surface area contributed by atoms with E-state index in [1.807, 2.05) is 20.8 Å². The van der Waals surface area contributed by atoms with Gasteiger partial charge in [-0.3, -0.25) is 0 Å². The Labute approximate surface area is 149 Å². The van der Waals surface area contributed by atoms with E-state index in [2.05, 4.69) is 35.6 Å². The van der Waals surface area contributed by atoms with Gasteiger partial charge in [-0.05, 0) is 20.8 Å². The van der Waals surface area contributed by atoms with Crippen LogP contribution in [0, 0.1) is 0 Å². The second-order valence-corrected chi connectivity index (χ2v) is 8.66. The van der Waals surface area contributed by atoms with Crippen molar-refractivity contribution in [2.75, 3.05) is 25.0 Å². The summed E-state index contributed by atoms with van der Waals surface area (Å²) in [5.41, 5.74) is -0.659. The van der Waals surface area contributed by atoms with E-state index in [0.29, 0.717) is 24.1 Å². The summed E-state index contributed by atoms with van der Waals surface area (Å²) in [7, 11) is 1.77. The fourth-order valence-electron chi connectivity index (χ4n) is 2.27. The number of carbonyl (C=O) groups excluding carboxylic acids is 1. The standard InChI is InChI=1S/C17H27ClN4O2/c1-16(2,3)14-19-12(18)8-13(20-14)22-9-11(10-22)21(7)15(23)24-17(4,5)6/h8,11H,9-10H2,1-7H3. The molecule has 1 aliphatic heterocycles. The second-order valence-electron chi connectivity index (χ2n) is 8.27. The van der Waals surface area contributed by atoms with E-state index in [9.17, 15) is 4.79 Å². The zero-order valence-electron chi connectivity index (χ0n) is 15.6. The number of nitrogens with zero attached hydrogens (tertiary/aromatic N) is 4. The molecular weight excluding hydrogens is 328 g/mol. The van der Waals surface area contributed by atoms with Crippen molar-refractivity contribution >= 4 is 23.5 Å². The van der Waals surface area contributed by atoms with E-state index < -0.39 is 5.60 Å². The maximum absolute atomic E-state index is 12.1. The fraction of sp³-hybridized carbons (Fsp3) is 0.706. The van der Waals surface area contributed by atoms with Gasteiger partial charge in [-0.25, -0.2) is 14.8 Å². The largest absolute Gasteiger partial charge is 0.444 e. The van der Waals surface area contributed by atoms with Crippen molar-refractivity contribution in [3.05, 3.63) is 17.0 Å². The molecule has 1 saturated heterocycles. The molecule has 1 fully saturated rings. The average molecular weight is 355 g/mol. The minimum absolute atomic E-state index is 0.103. The van der Waals surface area contributed by atoms with E-state index in [1.165, 1.54) is 0 Å². The molecule has 0 aromatic carbocycles. The number of aromatic nitrogens is 2. The Hall–Kier alpha value is -1.56. The third kappa shape index (κ3) is 4.50. The zero-order valence-corrected chi connectivity index (χ0v) is 16.3. The molecule has 0 atom stereocenters. The van der Waals surface area contributed by atoms with Crippen molar-refractivity contribution in [2.24, 2.45) is 0 Å². The predicted molar refractivity (Wildman–Crippen MR) is 95.7 cm³/mol. The Morgan fingerprint density at radius 3 is 2.33 bits per heavy atom. The molecule has 6 nitrogen and oxygen atoms in total. The number of ether oxygens (including phenoxy) is 1. The van der Waals surface area contributed by atoms with Gasteiger partial charge in [0.15, 0.2) is 0 Å². The van der Waals surface area contributed by atoms with Crippen LogP contribution in [0.4, 0.5) is 10.6 Å². The van der Waals surface area contributed by atoms with Gasteiger partial charge >= 0.3 is 6.09 Å². The third-order valence-electron chi connectivity index (χ3n) is 3.77. The van der Waals surface area contributed by atoms with Crippen molar-refractivity contribution in [3.8, 4) is 0 Å². The van der Waals surface area contributed by atoms with Gasteiger partial charge in [0.2, 0.25) is 0 Å². The van der Waals surface area contributed by atoms with Crippen molar-refractivity contribution in [3.63, 3.8) is 0 Å². The Morgan fingerprint density at radius 2 is 1.83 bits per heavy atom. The molecule has 0 radical (unpaired) electrons. The number of carbonyl (C=O) groups is 1. The molecule has 1 amide bonds. The highest BCUT2D eigenvalue weighted by Gasteiger charge is 2.35. The molecule has 0 aliphatic carbocycles. The summed E-state index contributed by atoms with van der Waals surface area (Å²) in [4.78, 5) is 24.8. The predicted octanol–water partition coefficient (Wildman–Crippen LogP) is 3.48. The van der Waals surface area contributed by atoms with Crippen LogP contribution < -0.4 is 4.90 Å². The van der Waals surface area contributed by atoms with Gasteiger partial charge in [-0.1, -0.05) is 32.4 Å². The molecule has 1 aromatic rings. The first-order valence-electron chi connectivity index (χ1n) is 8.12. The smallest absolute Gasteiger partial charge is 0.410 e. The Kier molecular flexibility index (Phi) is 5.00. The lowest BCUT2D eigenvalue weighted by Gasteiger charge is -2.44. The van der Waals surface area contributed by atoms with Crippen molar-refractivity contribution in [2.45, 2.75) is 58.6 Å². The molecular formula is C17H27ClN4O2. The number of likely N-dealkylation sites (N-methyl/N-ethyl adjacent to an activating group) is 1. The first-order valence-corrected chi connectivity index (χ1v) is 8.50. The van der Waals surface area contributed by atoms with E-state index in [-0.39, 0.29) is 17.6 Å². The molecule has 24 heavy (non-hydrogen) atoms. The van der Waals surface area contributed by atoms with Crippen LogP contribution in [-0.4, -0.2) is 52.7 Å². The minimum atomic E-state index is -0.490. The normalized spacial score (nSPS) is 15.9. The van der Waals surface area contributed by atoms with Crippen LogP contribution in [0.5, 0.6) is 0 Å². The Balaban J connectivity index is 2.02. The molecule has 7 heteroatoms. The molecule has 2 heterocycles. The molecule has 0 bridgehead atoms. The van der Waals surface area contributed by atoms with Crippen LogP contribution in [0.2, 0.25) is 5.15 Å². The molecule has 2 rings (SSSR count).